The minimum absolute atomic E-state index is 0.284. The predicted molar refractivity (Wildman–Crippen MR) is 89.6 cm³/mol. The molecular formula is C16H35NO4S. The zero-order valence-corrected chi connectivity index (χ0v) is 15.7. The van der Waals surface area contributed by atoms with Crippen LogP contribution in [0.1, 0.15) is 65.7 Å². The van der Waals surface area contributed by atoms with E-state index in [1.54, 1.807) is 0 Å². The summed E-state index contributed by atoms with van der Waals surface area (Å²) in [7, 11) is -1.87. The number of unbranched alkanes of at least 4 members (excludes halogenated alkanes) is 1. The lowest BCUT2D eigenvalue weighted by Crippen LogP contribution is -2.41. The zero-order chi connectivity index (χ0) is 17.1. The van der Waals surface area contributed by atoms with Gasteiger partial charge >= 0.3 is 0 Å². The molecule has 0 aromatic rings. The average molecular weight is 338 g/mol. The Morgan fingerprint density at radius 2 is 1.68 bits per heavy atom. The summed E-state index contributed by atoms with van der Waals surface area (Å²) in [5, 5.41) is 0. The van der Waals surface area contributed by atoms with Crippen LogP contribution in [-0.4, -0.2) is 56.2 Å². The third-order valence-electron chi connectivity index (χ3n) is 4.05. The van der Waals surface area contributed by atoms with Gasteiger partial charge in [-0.1, -0.05) is 33.6 Å². The summed E-state index contributed by atoms with van der Waals surface area (Å²) in [5.74, 6) is 0. The number of likely N-dealkylation sites (tertiary alicyclic amines) is 1. The van der Waals surface area contributed by atoms with Crippen molar-refractivity contribution in [1.82, 2.24) is 0 Å². The molecule has 0 bridgehead atoms. The fourth-order valence-electron chi connectivity index (χ4n) is 2.66. The van der Waals surface area contributed by atoms with E-state index in [-0.39, 0.29) is 6.42 Å². The van der Waals surface area contributed by atoms with Crippen LogP contribution in [0.25, 0.3) is 0 Å². The van der Waals surface area contributed by atoms with E-state index in [1.807, 2.05) is 13.8 Å². The SMILES string of the molecule is CCCC[N+]1(C)CCCC1.CCCOC(CCC)S(=O)(=O)[O-]. The van der Waals surface area contributed by atoms with Gasteiger partial charge in [-0.05, 0) is 19.3 Å². The molecule has 0 saturated carbocycles. The molecule has 1 aliphatic heterocycles. The summed E-state index contributed by atoms with van der Waals surface area (Å²) in [4.78, 5) is 0. The lowest BCUT2D eigenvalue weighted by atomic mass is 10.3. The van der Waals surface area contributed by atoms with Gasteiger partial charge in [-0.25, -0.2) is 8.42 Å². The molecule has 0 aromatic carbocycles. The Kier molecular flexibility index (Phi) is 11.3. The Bertz CT molecular complexity index is 364. The third kappa shape index (κ3) is 9.77. The Morgan fingerprint density at radius 3 is 2.09 bits per heavy atom. The highest BCUT2D eigenvalue weighted by molar-refractivity contribution is 7.86. The van der Waals surface area contributed by atoms with Gasteiger partial charge in [-0.2, -0.15) is 0 Å². The predicted octanol–water partition coefficient (Wildman–Crippen LogP) is 3.11. The van der Waals surface area contributed by atoms with Crippen LogP contribution < -0.4 is 0 Å². The molecule has 0 amide bonds. The number of hydrogen-bond acceptors (Lipinski definition) is 4. The molecule has 1 heterocycles. The van der Waals surface area contributed by atoms with Crippen molar-refractivity contribution in [2.24, 2.45) is 0 Å². The first kappa shape index (κ1) is 21.8. The third-order valence-corrected chi connectivity index (χ3v) is 5.07. The molecule has 1 atom stereocenters. The molecule has 6 heteroatoms. The number of hydrogen-bond donors (Lipinski definition) is 0. The van der Waals surface area contributed by atoms with Crippen LogP contribution in [0.2, 0.25) is 0 Å². The van der Waals surface area contributed by atoms with Crippen molar-refractivity contribution in [3.8, 4) is 0 Å². The molecule has 22 heavy (non-hydrogen) atoms. The quantitative estimate of drug-likeness (QED) is 0.479. The van der Waals surface area contributed by atoms with Gasteiger partial charge in [0.05, 0.1) is 26.7 Å². The van der Waals surface area contributed by atoms with Gasteiger partial charge in [0.25, 0.3) is 0 Å². The van der Waals surface area contributed by atoms with E-state index in [4.69, 9.17) is 4.74 Å². The molecule has 0 spiro atoms. The Labute approximate surface area is 137 Å². The first-order valence-corrected chi connectivity index (χ1v) is 10.2. The second-order valence-corrected chi connectivity index (χ2v) is 7.94. The topological polar surface area (TPSA) is 66.4 Å². The molecule has 1 unspecified atom stereocenters. The van der Waals surface area contributed by atoms with E-state index >= 15 is 0 Å². The summed E-state index contributed by atoms with van der Waals surface area (Å²) >= 11 is 0. The van der Waals surface area contributed by atoms with Crippen molar-refractivity contribution in [2.45, 2.75) is 71.2 Å². The van der Waals surface area contributed by atoms with Crippen LogP contribution in [0.3, 0.4) is 0 Å². The maximum atomic E-state index is 10.5. The van der Waals surface area contributed by atoms with Gasteiger partial charge in [0.1, 0.15) is 15.6 Å². The zero-order valence-electron chi connectivity index (χ0n) is 14.8. The lowest BCUT2D eigenvalue weighted by Gasteiger charge is -2.28. The fourth-order valence-corrected chi connectivity index (χ4v) is 3.45. The second kappa shape index (κ2) is 11.4. The largest absolute Gasteiger partial charge is 0.746 e. The molecule has 1 saturated heterocycles. The molecule has 0 aliphatic carbocycles. The van der Waals surface area contributed by atoms with Crippen molar-refractivity contribution in [3.05, 3.63) is 0 Å². The molecule has 0 radical (unpaired) electrons. The van der Waals surface area contributed by atoms with E-state index in [0.29, 0.717) is 13.0 Å². The smallest absolute Gasteiger partial charge is 0.147 e. The van der Waals surface area contributed by atoms with E-state index in [9.17, 15) is 13.0 Å². The molecule has 0 N–H and O–H groups in total. The van der Waals surface area contributed by atoms with Gasteiger partial charge in [0, 0.05) is 19.4 Å². The molecule has 1 fully saturated rings. The molecule has 5 nitrogen and oxygen atoms in total. The summed E-state index contributed by atoms with van der Waals surface area (Å²) in [6.07, 6.45) is 7.32. The molecule has 1 aliphatic rings. The van der Waals surface area contributed by atoms with Gasteiger partial charge in [-0.15, -0.1) is 0 Å². The summed E-state index contributed by atoms with van der Waals surface area (Å²) in [5.41, 5.74) is -1.15. The fraction of sp³-hybridized carbons (Fsp3) is 1.00. The Hall–Kier alpha value is -0.170. The highest BCUT2D eigenvalue weighted by Crippen LogP contribution is 2.16. The number of ether oxygens (including phenoxy) is 1. The van der Waals surface area contributed by atoms with E-state index < -0.39 is 15.6 Å². The minimum Gasteiger partial charge on any atom is -0.746 e. The first-order chi connectivity index (χ1) is 10.3. The Balaban J connectivity index is 0.000000406. The number of quaternary nitrogens is 1. The van der Waals surface area contributed by atoms with Crippen LogP contribution in [0.4, 0.5) is 0 Å². The lowest BCUT2D eigenvalue weighted by molar-refractivity contribution is -0.897. The monoisotopic (exact) mass is 337 g/mol. The Morgan fingerprint density at radius 1 is 1.09 bits per heavy atom. The van der Waals surface area contributed by atoms with Crippen LogP contribution in [0.15, 0.2) is 0 Å². The van der Waals surface area contributed by atoms with E-state index in [2.05, 4.69) is 14.0 Å². The van der Waals surface area contributed by atoms with Crippen molar-refractivity contribution in [3.63, 3.8) is 0 Å². The van der Waals surface area contributed by atoms with Gasteiger partial charge in [0.2, 0.25) is 0 Å². The highest BCUT2D eigenvalue weighted by atomic mass is 32.2. The summed E-state index contributed by atoms with van der Waals surface area (Å²) < 4.78 is 37.9. The van der Waals surface area contributed by atoms with Crippen molar-refractivity contribution in [1.29, 1.82) is 0 Å². The highest BCUT2D eigenvalue weighted by Gasteiger charge is 2.25. The summed E-state index contributed by atoms with van der Waals surface area (Å²) in [6, 6.07) is 0. The van der Waals surface area contributed by atoms with Crippen LogP contribution >= 0.6 is 0 Å². The van der Waals surface area contributed by atoms with Crippen LogP contribution in [0.5, 0.6) is 0 Å². The second-order valence-electron chi connectivity index (χ2n) is 6.43. The maximum absolute atomic E-state index is 10.5. The molecule has 0 aromatic heterocycles. The van der Waals surface area contributed by atoms with Gasteiger partial charge in [0.15, 0.2) is 0 Å². The number of nitrogens with zero attached hydrogens (tertiary/aromatic N) is 1. The van der Waals surface area contributed by atoms with E-state index in [0.717, 1.165) is 6.42 Å². The van der Waals surface area contributed by atoms with Gasteiger partial charge < -0.3 is 13.8 Å². The van der Waals surface area contributed by atoms with Crippen molar-refractivity contribution in [2.75, 3.05) is 33.3 Å². The number of rotatable bonds is 9. The summed E-state index contributed by atoms with van der Waals surface area (Å²) in [6.45, 7) is 10.6. The standard InChI is InChI=1S/C9H20N.C7H16O4S/c1-3-4-7-10(2)8-5-6-9-10;1-3-5-7(11-6-4-2)12(8,9)10/h3-9H2,1-2H3;7H,3-6H2,1-2H3,(H,8,9,10)/q+1;/p-1. The molecule has 1 rings (SSSR count). The van der Waals surface area contributed by atoms with E-state index in [1.165, 1.54) is 49.8 Å². The van der Waals surface area contributed by atoms with Crippen molar-refractivity contribution < 1.29 is 22.2 Å². The van der Waals surface area contributed by atoms with Crippen LogP contribution in [0, 0.1) is 0 Å². The van der Waals surface area contributed by atoms with Crippen LogP contribution in [-0.2, 0) is 14.9 Å². The first-order valence-electron chi connectivity index (χ1n) is 8.69. The molecule has 134 valence electrons. The van der Waals surface area contributed by atoms with Crippen molar-refractivity contribution >= 4 is 10.1 Å². The maximum Gasteiger partial charge on any atom is 0.147 e. The van der Waals surface area contributed by atoms with Gasteiger partial charge in [-0.3, -0.25) is 0 Å². The normalized spacial score (nSPS) is 18.6. The average Bonchev–Trinajstić information content (AvgIpc) is 2.88. The molecular weight excluding hydrogens is 302 g/mol. The minimum atomic E-state index is -4.27.